The molecular formula is C15H19F3N2O2. The second-order valence-electron chi connectivity index (χ2n) is 5.36. The molecule has 0 aromatic heterocycles. The highest BCUT2D eigenvalue weighted by Crippen LogP contribution is 2.27. The second-order valence-corrected chi connectivity index (χ2v) is 5.36. The van der Waals surface area contributed by atoms with Gasteiger partial charge >= 0.3 is 0 Å². The summed E-state index contributed by atoms with van der Waals surface area (Å²) in [5.41, 5.74) is -0.636. The Morgan fingerprint density at radius 3 is 2.55 bits per heavy atom. The molecule has 0 unspecified atom stereocenters. The van der Waals surface area contributed by atoms with Crippen LogP contribution in [0.3, 0.4) is 0 Å². The zero-order valence-electron chi connectivity index (χ0n) is 12.3. The van der Waals surface area contributed by atoms with Crippen LogP contribution < -0.4 is 5.32 Å². The van der Waals surface area contributed by atoms with Crippen LogP contribution in [-0.2, 0) is 0 Å². The first-order chi connectivity index (χ1) is 10.5. The van der Waals surface area contributed by atoms with Crippen LogP contribution >= 0.6 is 0 Å². The van der Waals surface area contributed by atoms with Gasteiger partial charge in [-0.2, -0.15) is 4.39 Å². The predicted molar refractivity (Wildman–Crippen MR) is 75.2 cm³/mol. The Morgan fingerprint density at radius 1 is 1.32 bits per heavy atom. The summed E-state index contributed by atoms with van der Waals surface area (Å²) in [6.45, 7) is 3.75. The molecule has 1 aromatic rings. The third kappa shape index (κ3) is 3.19. The van der Waals surface area contributed by atoms with Gasteiger partial charge in [0.05, 0.1) is 5.56 Å². The number of phenolic OH excluding ortho intramolecular Hbond substituents is 1. The summed E-state index contributed by atoms with van der Waals surface area (Å²) in [6.07, 6.45) is 2.08. The van der Waals surface area contributed by atoms with E-state index in [1.54, 1.807) is 0 Å². The van der Waals surface area contributed by atoms with Crippen molar-refractivity contribution in [1.29, 1.82) is 0 Å². The maximum Gasteiger partial charge on any atom is 0.257 e. The normalized spacial score (nSPS) is 15.8. The largest absolute Gasteiger partial charge is 0.503 e. The molecule has 0 aliphatic carbocycles. The number of nitrogens with one attached hydrogen (secondary N) is 1. The topological polar surface area (TPSA) is 52.6 Å². The van der Waals surface area contributed by atoms with Gasteiger partial charge in [0, 0.05) is 12.6 Å². The number of halogens is 3. The highest BCUT2D eigenvalue weighted by atomic mass is 19.2. The van der Waals surface area contributed by atoms with Crippen LogP contribution in [0.1, 0.15) is 36.5 Å². The van der Waals surface area contributed by atoms with E-state index in [1.165, 1.54) is 4.90 Å². The average Bonchev–Trinajstić information content (AvgIpc) is 2.54. The van der Waals surface area contributed by atoms with E-state index >= 15 is 0 Å². The standard InChI is InChI=1S/C15H19F3N2O2/c1-2-7-20(9-3-5-19-6-4-9)15(22)10-8-11(16)13(18)14(21)12(10)17/h8-9,19,21H,2-7H2,1H3. The smallest absolute Gasteiger partial charge is 0.257 e. The lowest BCUT2D eigenvalue weighted by atomic mass is 10.0. The maximum absolute atomic E-state index is 13.9. The summed E-state index contributed by atoms with van der Waals surface area (Å²) in [5.74, 6) is -6.72. The van der Waals surface area contributed by atoms with E-state index in [0.29, 0.717) is 31.9 Å². The van der Waals surface area contributed by atoms with Crippen LogP contribution in [0.15, 0.2) is 6.07 Å². The highest BCUT2D eigenvalue weighted by Gasteiger charge is 2.30. The van der Waals surface area contributed by atoms with Gasteiger partial charge in [-0.25, -0.2) is 8.78 Å². The molecule has 1 fully saturated rings. The number of aromatic hydroxyl groups is 1. The van der Waals surface area contributed by atoms with E-state index in [-0.39, 0.29) is 6.04 Å². The lowest BCUT2D eigenvalue weighted by molar-refractivity contribution is 0.0636. The van der Waals surface area contributed by atoms with Gasteiger partial charge in [0.25, 0.3) is 5.91 Å². The van der Waals surface area contributed by atoms with Crippen molar-refractivity contribution in [1.82, 2.24) is 10.2 Å². The lowest BCUT2D eigenvalue weighted by Gasteiger charge is -2.34. The van der Waals surface area contributed by atoms with Gasteiger partial charge in [0.1, 0.15) is 0 Å². The number of carbonyl (C=O) groups is 1. The Kier molecular flexibility index (Phi) is 5.28. The zero-order valence-corrected chi connectivity index (χ0v) is 12.3. The number of hydrogen-bond acceptors (Lipinski definition) is 3. The Morgan fingerprint density at radius 2 is 1.95 bits per heavy atom. The molecule has 7 heteroatoms. The van der Waals surface area contributed by atoms with Gasteiger partial charge in [0.15, 0.2) is 17.4 Å². The van der Waals surface area contributed by atoms with Crippen LogP contribution in [0.25, 0.3) is 0 Å². The van der Waals surface area contributed by atoms with Crippen molar-refractivity contribution in [2.45, 2.75) is 32.2 Å². The Bertz CT molecular complexity index is 560. The number of phenols is 1. The molecule has 1 aliphatic heterocycles. The number of carbonyl (C=O) groups excluding carboxylic acids is 1. The fourth-order valence-electron chi connectivity index (χ4n) is 2.71. The Hall–Kier alpha value is -1.76. The molecule has 0 bridgehead atoms. The molecule has 0 spiro atoms. The molecule has 0 radical (unpaired) electrons. The van der Waals surface area contributed by atoms with Gasteiger partial charge in [-0.3, -0.25) is 4.79 Å². The van der Waals surface area contributed by atoms with Crippen LogP contribution in [0.4, 0.5) is 13.2 Å². The van der Waals surface area contributed by atoms with Gasteiger partial charge in [-0.1, -0.05) is 6.92 Å². The molecule has 0 saturated carbocycles. The molecule has 1 saturated heterocycles. The predicted octanol–water partition coefficient (Wildman–Crippen LogP) is 2.41. The summed E-state index contributed by atoms with van der Waals surface area (Å²) in [7, 11) is 0. The van der Waals surface area contributed by atoms with E-state index in [1.807, 2.05) is 6.92 Å². The van der Waals surface area contributed by atoms with Gasteiger partial charge in [-0.15, -0.1) is 0 Å². The van der Waals surface area contributed by atoms with Crippen molar-refractivity contribution < 1.29 is 23.1 Å². The van der Waals surface area contributed by atoms with E-state index in [9.17, 15) is 23.1 Å². The van der Waals surface area contributed by atoms with Crippen molar-refractivity contribution >= 4 is 5.91 Å². The third-order valence-electron chi connectivity index (χ3n) is 3.84. The van der Waals surface area contributed by atoms with Crippen molar-refractivity contribution in [3.8, 4) is 5.75 Å². The summed E-state index contributed by atoms with van der Waals surface area (Å²) < 4.78 is 40.5. The van der Waals surface area contributed by atoms with Gasteiger partial charge in [-0.05, 0) is 38.4 Å². The van der Waals surface area contributed by atoms with Crippen LogP contribution in [0.2, 0.25) is 0 Å². The van der Waals surface area contributed by atoms with E-state index in [2.05, 4.69) is 5.32 Å². The summed E-state index contributed by atoms with van der Waals surface area (Å²) in [5, 5.41) is 12.4. The number of benzene rings is 1. The number of nitrogens with zero attached hydrogens (tertiary/aromatic N) is 1. The SMILES string of the molecule is CCCN(C(=O)c1cc(F)c(F)c(O)c1F)C1CCNCC1. The quantitative estimate of drug-likeness (QED) is 0.839. The fourth-order valence-corrected chi connectivity index (χ4v) is 2.71. The molecule has 2 rings (SSSR count). The summed E-state index contributed by atoms with van der Waals surface area (Å²) >= 11 is 0. The van der Waals surface area contributed by atoms with E-state index in [0.717, 1.165) is 13.1 Å². The maximum atomic E-state index is 13.9. The monoisotopic (exact) mass is 316 g/mol. The molecule has 1 heterocycles. The molecule has 4 nitrogen and oxygen atoms in total. The molecule has 1 aliphatic rings. The van der Waals surface area contributed by atoms with Crippen molar-refractivity contribution in [2.24, 2.45) is 0 Å². The van der Waals surface area contributed by atoms with Crippen LogP contribution in [-0.4, -0.2) is 41.6 Å². The zero-order chi connectivity index (χ0) is 16.3. The van der Waals surface area contributed by atoms with Crippen LogP contribution in [0, 0.1) is 17.5 Å². The Labute approximate surface area is 126 Å². The molecule has 122 valence electrons. The fraction of sp³-hybridized carbons (Fsp3) is 0.533. The molecule has 22 heavy (non-hydrogen) atoms. The van der Waals surface area contributed by atoms with Gasteiger partial charge in [0.2, 0.25) is 5.82 Å². The molecular weight excluding hydrogens is 297 g/mol. The molecule has 0 atom stereocenters. The molecule has 1 amide bonds. The van der Waals surface area contributed by atoms with E-state index < -0.39 is 34.7 Å². The number of hydrogen-bond donors (Lipinski definition) is 2. The first-order valence-corrected chi connectivity index (χ1v) is 7.35. The minimum Gasteiger partial charge on any atom is -0.503 e. The lowest BCUT2D eigenvalue weighted by Crippen LogP contribution is -2.46. The average molecular weight is 316 g/mol. The first kappa shape index (κ1) is 16.6. The minimum absolute atomic E-state index is 0.0802. The van der Waals surface area contributed by atoms with Crippen LogP contribution in [0.5, 0.6) is 5.75 Å². The number of rotatable bonds is 4. The summed E-state index contributed by atoms with van der Waals surface area (Å²) in [4.78, 5) is 14.0. The number of piperidine rings is 1. The van der Waals surface area contributed by atoms with Gasteiger partial charge < -0.3 is 15.3 Å². The third-order valence-corrected chi connectivity index (χ3v) is 3.84. The first-order valence-electron chi connectivity index (χ1n) is 7.35. The van der Waals surface area contributed by atoms with Crippen molar-refractivity contribution in [2.75, 3.05) is 19.6 Å². The molecule has 2 N–H and O–H groups in total. The van der Waals surface area contributed by atoms with E-state index in [4.69, 9.17) is 0 Å². The number of amides is 1. The minimum atomic E-state index is -1.68. The van der Waals surface area contributed by atoms with Crippen molar-refractivity contribution in [3.05, 3.63) is 29.1 Å². The highest BCUT2D eigenvalue weighted by molar-refractivity contribution is 5.95. The molecule has 1 aromatic carbocycles. The summed E-state index contributed by atoms with van der Waals surface area (Å²) in [6, 6.07) is 0.430. The second kappa shape index (κ2) is 7.00. The van der Waals surface area contributed by atoms with Crippen molar-refractivity contribution in [3.63, 3.8) is 0 Å². The Balaban J connectivity index is 2.34.